The van der Waals surface area contributed by atoms with Gasteiger partial charge in [-0.15, -0.1) is 0 Å². The summed E-state index contributed by atoms with van der Waals surface area (Å²) in [5, 5.41) is 12.9. The molecule has 1 rings (SSSR count). The van der Waals surface area contributed by atoms with Crippen LogP contribution in [0.25, 0.3) is 0 Å². The molecule has 1 aliphatic rings. The van der Waals surface area contributed by atoms with Crippen LogP contribution in [0.2, 0.25) is 0 Å². The van der Waals surface area contributed by atoms with E-state index in [0.717, 1.165) is 25.8 Å². The van der Waals surface area contributed by atoms with Crippen LogP contribution >= 0.6 is 0 Å². The highest BCUT2D eigenvalue weighted by Gasteiger charge is 2.12. The third-order valence-corrected chi connectivity index (χ3v) is 2.51. The summed E-state index contributed by atoms with van der Waals surface area (Å²) in [6.45, 7) is 1.02. The maximum absolute atomic E-state index is 10.2. The lowest BCUT2D eigenvalue weighted by Gasteiger charge is -2.21. The summed E-state index contributed by atoms with van der Waals surface area (Å²) in [7, 11) is 0. The number of rotatable bonds is 5. The Morgan fingerprint density at radius 1 is 1.38 bits per heavy atom. The molecule has 1 unspecified atom stereocenters. The Hall–Kier alpha value is -0.570. The Labute approximate surface area is 79.5 Å². The predicted octanol–water partition coefficient (Wildman–Crippen LogP) is 1.79. The quantitative estimate of drug-likeness (QED) is 0.662. The molecule has 0 aliphatic carbocycles. The summed E-state index contributed by atoms with van der Waals surface area (Å²) < 4.78 is 0. The van der Waals surface area contributed by atoms with E-state index in [0.29, 0.717) is 12.5 Å². The van der Waals surface area contributed by atoms with Crippen molar-refractivity contribution in [2.45, 2.75) is 51.0 Å². The lowest BCUT2D eigenvalue weighted by molar-refractivity contribution is -0.137. The first-order valence-electron chi connectivity index (χ1n) is 5.17. The van der Waals surface area contributed by atoms with Crippen LogP contribution < -0.4 is 5.32 Å². The fourth-order valence-electron chi connectivity index (χ4n) is 1.75. The van der Waals surface area contributed by atoms with Gasteiger partial charge in [0.05, 0.1) is 0 Å². The molecule has 1 fully saturated rings. The van der Waals surface area contributed by atoms with Gasteiger partial charge in [0.15, 0.2) is 0 Å². The Morgan fingerprint density at radius 3 is 2.85 bits per heavy atom. The van der Waals surface area contributed by atoms with E-state index in [2.05, 4.69) is 5.32 Å². The zero-order valence-electron chi connectivity index (χ0n) is 8.04. The molecule has 3 heteroatoms. The number of carboxylic acid groups (broad SMARTS) is 1. The maximum Gasteiger partial charge on any atom is 0.303 e. The largest absolute Gasteiger partial charge is 0.481 e. The van der Waals surface area contributed by atoms with Crippen molar-refractivity contribution < 1.29 is 9.90 Å². The van der Waals surface area contributed by atoms with Gasteiger partial charge in [-0.3, -0.25) is 4.79 Å². The maximum atomic E-state index is 10.2. The van der Waals surface area contributed by atoms with Crippen molar-refractivity contribution >= 4 is 5.97 Å². The molecule has 0 aromatic carbocycles. The molecule has 1 radical (unpaired) electrons. The van der Waals surface area contributed by atoms with Crippen molar-refractivity contribution in [2.24, 2.45) is 0 Å². The Balaban J connectivity index is 1.95. The van der Waals surface area contributed by atoms with Crippen molar-refractivity contribution in [3.05, 3.63) is 0 Å². The fourth-order valence-corrected chi connectivity index (χ4v) is 1.75. The van der Waals surface area contributed by atoms with Gasteiger partial charge < -0.3 is 5.11 Å². The number of piperidine rings is 1. The molecule has 1 atom stereocenters. The summed E-state index contributed by atoms with van der Waals surface area (Å²) in [6.07, 6.45) is 6.98. The lowest BCUT2D eigenvalue weighted by atomic mass is 9.99. The van der Waals surface area contributed by atoms with E-state index < -0.39 is 5.97 Å². The summed E-state index contributed by atoms with van der Waals surface area (Å²) in [5.74, 6) is -0.680. The number of carbonyl (C=O) groups is 1. The smallest absolute Gasteiger partial charge is 0.303 e. The van der Waals surface area contributed by atoms with E-state index in [1.54, 1.807) is 0 Å². The van der Waals surface area contributed by atoms with Gasteiger partial charge in [-0.1, -0.05) is 12.8 Å². The van der Waals surface area contributed by atoms with Gasteiger partial charge >= 0.3 is 5.97 Å². The van der Waals surface area contributed by atoms with Gasteiger partial charge in [-0.2, -0.15) is 0 Å². The minimum absolute atomic E-state index is 0.312. The molecular weight excluding hydrogens is 166 g/mol. The molecule has 13 heavy (non-hydrogen) atoms. The summed E-state index contributed by atoms with van der Waals surface area (Å²) in [5.41, 5.74) is 0. The summed E-state index contributed by atoms with van der Waals surface area (Å²) >= 11 is 0. The van der Waals surface area contributed by atoms with Crippen LogP contribution in [0.4, 0.5) is 0 Å². The van der Waals surface area contributed by atoms with Crippen molar-refractivity contribution in [1.29, 1.82) is 0 Å². The van der Waals surface area contributed by atoms with E-state index in [1.807, 2.05) is 0 Å². The van der Waals surface area contributed by atoms with E-state index >= 15 is 0 Å². The van der Waals surface area contributed by atoms with Gasteiger partial charge in [0.25, 0.3) is 0 Å². The molecule has 0 amide bonds. The molecule has 3 nitrogen and oxygen atoms in total. The third-order valence-electron chi connectivity index (χ3n) is 2.51. The van der Waals surface area contributed by atoms with Crippen molar-refractivity contribution in [3.8, 4) is 0 Å². The lowest BCUT2D eigenvalue weighted by Crippen LogP contribution is -2.27. The van der Waals surface area contributed by atoms with Gasteiger partial charge in [0.2, 0.25) is 0 Å². The third kappa shape index (κ3) is 4.88. The number of hydrogen-bond donors (Lipinski definition) is 1. The standard InChI is InChI=1S/C10H18NO2/c12-10(13)7-2-1-5-9-6-3-4-8-11-9/h9H,1-8H2,(H,12,13). The molecule has 0 aromatic rings. The zero-order chi connectivity index (χ0) is 9.52. The average molecular weight is 184 g/mol. The molecular formula is C10H18NO2. The first-order chi connectivity index (χ1) is 6.29. The SMILES string of the molecule is O=C(O)CCCCC1CCCC[N]1. The molecule has 0 spiro atoms. The van der Waals surface area contributed by atoms with E-state index in [4.69, 9.17) is 5.11 Å². The fraction of sp³-hybridized carbons (Fsp3) is 0.900. The second-order valence-electron chi connectivity index (χ2n) is 3.70. The van der Waals surface area contributed by atoms with Gasteiger partial charge in [-0.25, -0.2) is 5.32 Å². The minimum Gasteiger partial charge on any atom is -0.481 e. The minimum atomic E-state index is -0.680. The highest BCUT2D eigenvalue weighted by atomic mass is 16.4. The van der Waals surface area contributed by atoms with Crippen molar-refractivity contribution in [1.82, 2.24) is 5.32 Å². The first-order valence-corrected chi connectivity index (χ1v) is 5.17. The molecule has 1 aliphatic heterocycles. The normalized spacial score (nSPS) is 22.9. The van der Waals surface area contributed by atoms with E-state index in [1.165, 1.54) is 19.3 Å². The second kappa shape index (κ2) is 5.97. The molecule has 0 saturated carbocycles. The number of nitrogens with zero attached hydrogens (tertiary/aromatic N) is 1. The van der Waals surface area contributed by atoms with Gasteiger partial charge in [0.1, 0.15) is 0 Å². The van der Waals surface area contributed by atoms with Crippen molar-refractivity contribution in [3.63, 3.8) is 0 Å². The first kappa shape index (κ1) is 10.5. The Bertz CT molecular complexity index is 153. The van der Waals surface area contributed by atoms with Crippen LogP contribution in [0.3, 0.4) is 0 Å². The van der Waals surface area contributed by atoms with Crippen LogP contribution in [-0.2, 0) is 4.79 Å². The zero-order valence-corrected chi connectivity index (χ0v) is 8.04. The second-order valence-corrected chi connectivity index (χ2v) is 3.70. The van der Waals surface area contributed by atoms with E-state index in [9.17, 15) is 4.79 Å². The number of unbranched alkanes of at least 4 members (excludes halogenated alkanes) is 1. The van der Waals surface area contributed by atoms with Crippen LogP contribution in [0.15, 0.2) is 0 Å². The van der Waals surface area contributed by atoms with Crippen LogP contribution in [-0.4, -0.2) is 23.7 Å². The predicted molar refractivity (Wildman–Crippen MR) is 50.7 cm³/mol. The van der Waals surface area contributed by atoms with E-state index in [-0.39, 0.29) is 0 Å². The Morgan fingerprint density at radius 2 is 2.23 bits per heavy atom. The molecule has 1 saturated heterocycles. The van der Waals surface area contributed by atoms with Crippen LogP contribution in [0.5, 0.6) is 0 Å². The van der Waals surface area contributed by atoms with Crippen LogP contribution in [0.1, 0.15) is 44.9 Å². The molecule has 75 valence electrons. The molecule has 0 bridgehead atoms. The molecule has 0 aromatic heterocycles. The average Bonchev–Trinajstić information content (AvgIpc) is 2.14. The number of carboxylic acids is 1. The monoisotopic (exact) mass is 184 g/mol. The van der Waals surface area contributed by atoms with Gasteiger partial charge in [0, 0.05) is 19.0 Å². The highest BCUT2D eigenvalue weighted by Crippen LogP contribution is 2.14. The number of aliphatic carboxylic acids is 1. The van der Waals surface area contributed by atoms with Gasteiger partial charge in [-0.05, 0) is 25.7 Å². The molecule has 1 heterocycles. The summed E-state index contributed by atoms with van der Waals surface area (Å²) in [4.78, 5) is 10.2. The highest BCUT2D eigenvalue weighted by molar-refractivity contribution is 5.66. The van der Waals surface area contributed by atoms with Crippen molar-refractivity contribution in [2.75, 3.05) is 6.54 Å². The number of hydrogen-bond acceptors (Lipinski definition) is 1. The molecule has 1 N–H and O–H groups in total. The topological polar surface area (TPSA) is 51.4 Å². The van der Waals surface area contributed by atoms with Crippen LogP contribution in [0, 0.1) is 0 Å². The Kier molecular flexibility index (Phi) is 4.83. The summed E-state index contributed by atoms with van der Waals surface area (Å²) in [6, 6.07) is 0.530.